The molecule has 1 aromatic heterocycles. The van der Waals surface area contributed by atoms with Crippen molar-refractivity contribution >= 4 is 23.4 Å². The molecule has 1 aliphatic heterocycles. The SMILES string of the molecule is CCOC(=O)CC.CCOC(=O)c1cccc2c1C(=O)C(c1ncnn1C)C(c1ccccc1)N2. The highest BCUT2D eigenvalue weighted by Gasteiger charge is 2.41. The molecule has 1 N–H and O–H groups in total. The molecule has 4 rings (SSSR count). The number of benzene rings is 2. The van der Waals surface area contributed by atoms with Crippen LogP contribution in [0, 0.1) is 0 Å². The van der Waals surface area contributed by atoms with Crippen molar-refractivity contribution in [2.24, 2.45) is 7.05 Å². The lowest BCUT2D eigenvalue weighted by Crippen LogP contribution is -2.35. The van der Waals surface area contributed by atoms with Crippen LogP contribution in [0.3, 0.4) is 0 Å². The van der Waals surface area contributed by atoms with Gasteiger partial charge in [-0.2, -0.15) is 5.10 Å². The van der Waals surface area contributed by atoms with E-state index >= 15 is 0 Å². The van der Waals surface area contributed by atoms with Crippen molar-refractivity contribution in [2.75, 3.05) is 18.5 Å². The number of ether oxygens (including phenoxy) is 2. The predicted molar refractivity (Wildman–Crippen MR) is 130 cm³/mol. The third kappa shape index (κ3) is 5.74. The Hall–Kier alpha value is -4.01. The lowest BCUT2D eigenvalue weighted by Gasteiger charge is -2.34. The predicted octanol–water partition coefficient (Wildman–Crippen LogP) is 4.08. The summed E-state index contributed by atoms with van der Waals surface area (Å²) < 4.78 is 11.3. The molecule has 0 radical (unpaired) electrons. The lowest BCUT2D eigenvalue weighted by atomic mass is 9.80. The number of fused-ring (bicyclic) bond motifs is 1. The second-order valence-corrected chi connectivity index (χ2v) is 7.72. The van der Waals surface area contributed by atoms with Crippen molar-refractivity contribution in [1.29, 1.82) is 0 Å². The molecular weight excluding hydrogens is 448 g/mol. The smallest absolute Gasteiger partial charge is 0.338 e. The molecule has 184 valence electrons. The molecule has 0 fully saturated rings. The van der Waals surface area contributed by atoms with Crippen LogP contribution in [0.25, 0.3) is 0 Å². The summed E-state index contributed by atoms with van der Waals surface area (Å²) in [5.74, 6) is -0.900. The maximum absolute atomic E-state index is 13.7. The summed E-state index contributed by atoms with van der Waals surface area (Å²) in [5, 5.41) is 7.57. The Morgan fingerprint density at radius 2 is 1.71 bits per heavy atom. The van der Waals surface area contributed by atoms with Crippen LogP contribution >= 0.6 is 0 Å². The van der Waals surface area contributed by atoms with Crippen LogP contribution in [-0.4, -0.2) is 45.7 Å². The molecule has 0 amide bonds. The number of ketones is 1. The first kappa shape index (κ1) is 25.6. The normalized spacial score (nSPS) is 16.3. The van der Waals surface area contributed by atoms with Gasteiger partial charge in [0.15, 0.2) is 5.78 Å². The Balaban J connectivity index is 0.000000429. The van der Waals surface area contributed by atoms with Gasteiger partial charge in [0.05, 0.1) is 30.4 Å². The second-order valence-electron chi connectivity index (χ2n) is 7.72. The molecule has 0 saturated carbocycles. The Morgan fingerprint density at radius 1 is 1.00 bits per heavy atom. The Morgan fingerprint density at radius 3 is 2.29 bits per heavy atom. The Bertz CT molecular complexity index is 1180. The van der Waals surface area contributed by atoms with E-state index in [-0.39, 0.29) is 30.0 Å². The van der Waals surface area contributed by atoms with Crippen molar-refractivity contribution in [3.05, 3.63) is 77.4 Å². The molecule has 1 aliphatic rings. The van der Waals surface area contributed by atoms with Crippen LogP contribution in [0.2, 0.25) is 0 Å². The highest BCUT2D eigenvalue weighted by atomic mass is 16.5. The van der Waals surface area contributed by atoms with Gasteiger partial charge in [0.2, 0.25) is 0 Å². The molecule has 2 heterocycles. The first-order chi connectivity index (χ1) is 16.9. The van der Waals surface area contributed by atoms with Gasteiger partial charge in [-0.25, -0.2) is 9.78 Å². The van der Waals surface area contributed by atoms with E-state index < -0.39 is 11.9 Å². The first-order valence-electron chi connectivity index (χ1n) is 11.6. The zero-order valence-corrected chi connectivity index (χ0v) is 20.4. The van der Waals surface area contributed by atoms with Crippen molar-refractivity contribution in [1.82, 2.24) is 14.8 Å². The van der Waals surface area contributed by atoms with Crippen LogP contribution in [-0.2, 0) is 21.3 Å². The summed E-state index contributed by atoms with van der Waals surface area (Å²) in [6.45, 7) is 6.04. The number of anilines is 1. The number of aromatic nitrogens is 3. The fourth-order valence-corrected chi connectivity index (χ4v) is 3.93. The second kappa shape index (κ2) is 11.9. The number of aryl methyl sites for hydroxylation is 1. The number of carbonyl (C=O) groups excluding carboxylic acids is 3. The summed E-state index contributed by atoms with van der Waals surface area (Å²) in [5.41, 5.74) is 2.16. The van der Waals surface area contributed by atoms with Gasteiger partial charge < -0.3 is 14.8 Å². The zero-order valence-electron chi connectivity index (χ0n) is 20.4. The molecule has 3 aromatic rings. The average molecular weight is 479 g/mol. The molecule has 2 aromatic carbocycles. The molecule has 0 bridgehead atoms. The van der Waals surface area contributed by atoms with E-state index in [1.807, 2.05) is 30.3 Å². The van der Waals surface area contributed by atoms with Gasteiger partial charge in [0.1, 0.15) is 18.1 Å². The minimum absolute atomic E-state index is 0.123. The highest BCUT2D eigenvalue weighted by Crippen LogP contribution is 2.42. The molecule has 0 saturated heterocycles. The van der Waals surface area contributed by atoms with Crippen LogP contribution in [0.4, 0.5) is 5.69 Å². The van der Waals surface area contributed by atoms with Crippen LogP contribution in [0.1, 0.15) is 71.3 Å². The molecule has 0 aliphatic carbocycles. The summed E-state index contributed by atoms with van der Waals surface area (Å²) in [7, 11) is 1.75. The molecular formula is C26H30N4O5. The third-order valence-corrected chi connectivity index (χ3v) is 5.51. The van der Waals surface area contributed by atoms with E-state index in [1.165, 1.54) is 6.33 Å². The summed E-state index contributed by atoms with van der Waals surface area (Å²) in [4.78, 5) is 40.6. The van der Waals surface area contributed by atoms with E-state index in [0.717, 1.165) is 5.56 Å². The van der Waals surface area contributed by atoms with Gasteiger partial charge in [-0.05, 0) is 31.5 Å². The van der Waals surface area contributed by atoms with Crippen molar-refractivity contribution in [3.63, 3.8) is 0 Å². The highest BCUT2D eigenvalue weighted by molar-refractivity contribution is 6.14. The van der Waals surface area contributed by atoms with Crippen LogP contribution in [0.5, 0.6) is 0 Å². The number of carbonyl (C=O) groups is 3. The number of Topliss-reactive ketones (excluding diaryl/α,β-unsaturated/α-hetero) is 1. The van der Waals surface area contributed by atoms with E-state index in [2.05, 4.69) is 20.1 Å². The van der Waals surface area contributed by atoms with Gasteiger partial charge in [-0.1, -0.05) is 43.3 Å². The quantitative estimate of drug-likeness (QED) is 0.527. The molecule has 2 unspecified atom stereocenters. The van der Waals surface area contributed by atoms with Gasteiger partial charge in [-0.15, -0.1) is 0 Å². The number of nitrogens with one attached hydrogen (secondary N) is 1. The summed E-state index contributed by atoms with van der Waals surface area (Å²) >= 11 is 0. The molecule has 9 nitrogen and oxygen atoms in total. The fourth-order valence-electron chi connectivity index (χ4n) is 3.93. The summed E-state index contributed by atoms with van der Waals surface area (Å²) in [6.07, 6.45) is 1.91. The van der Waals surface area contributed by atoms with Gasteiger partial charge in [0, 0.05) is 19.2 Å². The van der Waals surface area contributed by atoms with Crippen LogP contribution in [0.15, 0.2) is 54.9 Å². The standard InChI is InChI=1S/C21H20N4O3.C5H10O2/c1-3-28-21(27)14-10-7-11-15-16(14)19(26)17(20-22-12-23-25(20)2)18(24-15)13-8-5-4-6-9-13;1-3-5(6)7-4-2/h4-12,17-18,24H,3H2,1-2H3;3-4H2,1-2H3. The molecule has 9 heteroatoms. The maximum atomic E-state index is 13.7. The van der Waals surface area contributed by atoms with Crippen molar-refractivity contribution in [2.45, 2.75) is 39.2 Å². The number of esters is 2. The fraction of sp³-hybridized carbons (Fsp3) is 0.346. The van der Waals surface area contributed by atoms with Crippen molar-refractivity contribution < 1.29 is 23.9 Å². The Kier molecular flexibility index (Phi) is 8.72. The van der Waals surface area contributed by atoms with E-state index in [4.69, 9.17) is 4.74 Å². The van der Waals surface area contributed by atoms with Crippen LogP contribution < -0.4 is 5.32 Å². The topological polar surface area (TPSA) is 112 Å². The Labute approximate surface area is 204 Å². The summed E-state index contributed by atoms with van der Waals surface area (Å²) in [6, 6.07) is 14.6. The first-order valence-corrected chi connectivity index (χ1v) is 11.6. The maximum Gasteiger partial charge on any atom is 0.338 e. The number of nitrogens with zero attached hydrogens (tertiary/aromatic N) is 3. The minimum Gasteiger partial charge on any atom is -0.466 e. The van der Waals surface area contributed by atoms with Crippen molar-refractivity contribution in [3.8, 4) is 0 Å². The largest absolute Gasteiger partial charge is 0.466 e. The van der Waals surface area contributed by atoms with Gasteiger partial charge in [0.25, 0.3) is 0 Å². The minimum atomic E-state index is -0.627. The number of hydrogen-bond acceptors (Lipinski definition) is 8. The van der Waals surface area contributed by atoms with E-state index in [1.54, 1.807) is 50.7 Å². The number of hydrogen-bond donors (Lipinski definition) is 1. The van der Waals surface area contributed by atoms with E-state index in [9.17, 15) is 14.4 Å². The monoisotopic (exact) mass is 478 g/mol. The number of rotatable bonds is 6. The van der Waals surface area contributed by atoms with Gasteiger partial charge in [-0.3, -0.25) is 14.3 Å². The molecule has 2 atom stereocenters. The van der Waals surface area contributed by atoms with E-state index in [0.29, 0.717) is 30.1 Å². The zero-order chi connectivity index (χ0) is 25.4. The van der Waals surface area contributed by atoms with Gasteiger partial charge >= 0.3 is 11.9 Å². The lowest BCUT2D eigenvalue weighted by molar-refractivity contribution is -0.142. The third-order valence-electron chi connectivity index (χ3n) is 5.51. The average Bonchev–Trinajstić information content (AvgIpc) is 3.30. The molecule has 35 heavy (non-hydrogen) atoms. The molecule has 0 spiro atoms.